The number of aromatic carboxylic acids is 1. The van der Waals surface area contributed by atoms with Crippen molar-refractivity contribution in [3.05, 3.63) is 42.1 Å². The molecule has 20 heavy (non-hydrogen) atoms. The number of anilines is 1. The summed E-state index contributed by atoms with van der Waals surface area (Å²) < 4.78 is 2.11. The molecule has 2 aromatic rings. The van der Waals surface area contributed by atoms with Gasteiger partial charge in [0.15, 0.2) is 5.69 Å². The number of pyridine rings is 1. The van der Waals surface area contributed by atoms with Gasteiger partial charge in [0.25, 0.3) is 0 Å². The maximum absolute atomic E-state index is 10.8. The predicted octanol–water partition coefficient (Wildman–Crippen LogP) is 2.18. The molecule has 0 aliphatic heterocycles. The van der Waals surface area contributed by atoms with Crippen molar-refractivity contribution in [1.29, 1.82) is 0 Å². The third-order valence-electron chi connectivity index (χ3n) is 3.02. The molecule has 0 unspecified atom stereocenters. The molecule has 2 rings (SSSR count). The maximum atomic E-state index is 10.8. The highest BCUT2D eigenvalue weighted by atomic mass is 16.4. The number of nitrogens with zero attached hydrogens (tertiary/aromatic N) is 3. The summed E-state index contributed by atoms with van der Waals surface area (Å²) in [6.45, 7) is 3.69. The van der Waals surface area contributed by atoms with Gasteiger partial charge in [0.2, 0.25) is 0 Å². The lowest BCUT2D eigenvalue weighted by atomic mass is 10.3. The number of carbonyl (C=O) groups is 1. The van der Waals surface area contributed by atoms with Gasteiger partial charge in [-0.3, -0.25) is 0 Å². The number of unbranched alkanes of at least 4 members (excludes halogenated alkanes) is 1. The number of imidazole rings is 1. The Morgan fingerprint density at radius 1 is 1.40 bits per heavy atom. The Bertz CT molecular complexity index is 580. The fourth-order valence-corrected chi connectivity index (χ4v) is 1.92. The molecular weight excluding hydrogens is 256 g/mol. The van der Waals surface area contributed by atoms with Crippen LogP contribution >= 0.6 is 0 Å². The molecule has 106 valence electrons. The Labute approximate surface area is 117 Å². The first-order valence-corrected chi connectivity index (χ1v) is 6.59. The number of hydrogen-bond donors (Lipinski definition) is 2. The lowest BCUT2D eigenvalue weighted by Gasteiger charge is -2.07. The van der Waals surface area contributed by atoms with Gasteiger partial charge in [0.1, 0.15) is 11.6 Å². The Morgan fingerprint density at radius 2 is 2.25 bits per heavy atom. The molecule has 0 saturated carbocycles. The van der Waals surface area contributed by atoms with Crippen LogP contribution in [0.15, 0.2) is 30.6 Å². The van der Waals surface area contributed by atoms with Gasteiger partial charge in [-0.25, -0.2) is 14.8 Å². The van der Waals surface area contributed by atoms with E-state index in [1.165, 1.54) is 6.07 Å². The Morgan fingerprint density at radius 3 is 2.95 bits per heavy atom. The van der Waals surface area contributed by atoms with Crippen molar-refractivity contribution >= 4 is 11.8 Å². The molecule has 0 radical (unpaired) electrons. The highest BCUT2D eigenvalue weighted by molar-refractivity contribution is 5.85. The molecule has 0 spiro atoms. The molecule has 6 heteroatoms. The van der Waals surface area contributed by atoms with Crippen LogP contribution in [0, 0.1) is 6.92 Å². The van der Waals surface area contributed by atoms with Crippen molar-refractivity contribution in [2.24, 2.45) is 0 Å². The summed E-state index contributed by atoms with van der Waals surface area (Å²) in [4.78, 5) is 19.0. The normalized spacial score (nSPS) is 10.4. The average molecular weight is 274 g/mol. The molecule has 2 aromatic heterocycles. The third kappa shape index (κ3) is 3.81. The number of hydrogen-bond acceptors (Lipinski definition) is 4. The van der Waals surface area contributed by atoms with Crippen molar-refractivity contribution in [2.45, 2.75) is 26.3 Å². The summed E-state index contributed by atoms with van der Waals surface area (Å²) in [6, 6.07) is 4.94. The predicted molar refractivity (Wildman–Crippen MR) is 75.9 cm³/mol. The van der Waals surface area contributed by atoms with E-state index in [2.05, 4.69) is 19.9 Å². The molecule has 2 N–H and O–H groups in total. The highest BCUT2D eigenvalue weighted by Gasteiger charge is 2.04. The number of carboxylic acids is 1. The van der Waals surface area contributed by atoms with Gasteiger partial charge in [0.05, 0.1) is 0 Å². The van der Waals surface area contributed by atoms with E-state index in [-0.39, 0.29) is 5.69 Å². The Kier molecular flexibility index (Phi) is 4.70. The van der Waals surface area contributed by atoms with Crippen molar-refractivity contribution in [1.82, 2.24) is 14.5 Å². The summed E-state index contributed by atoms with van der Waals surface area (Å²) >= 11 is 0. The standard InChI is InChI=1S/C14H18N4O2/c1-11-15-8-10-18(11)9-3-2-7-16-13-6-4-5-12(17-13)14(19)20/h4-6,8,10H,2-3,7,9H2,1H3,(H,16,17)(H,19,20). The van der Waals surface area contributed by atoms with Crippen molar-refractivity contribution in [3.8, 4) is 0 Å². The number of nitrogens with one attached hydrogen (secondary N) is 1. The second kappa shape index (κ2) is 6.70. The maximum Gasteiger partial charge on any atom is 0.354 e. The molecule has 0 saturated heterocycles. The van der Waals surface area contributed by atoms with Gasteiger partial charge in [-0.05, 0) is 31.9 Å². The van der Waals surface area contributed by atoms with Crippen molar-refractivity contribution in [3.63, 3.8) is 0 Å². The van der Waals surface area contributed by atoms with E-state index in [9.17, 15) is 4.79 Å². The number of carboxylic acid groups (broad SMARTS) is 1. The SMILES string of the molecule is Cc1nccn1CCCCNc1cccc(C(=O)O)n1. The van der Waals surface area contributed by atoms with E-state index in [1.54, 1.807) is 18.3 Å². The highest BCUT2D eigenvalue weighted by Crippen LogP contribution is 2.06. The van der Waals surface area contributed by atoms with Crippen LogP contribution in [-0.2, 0) is 6.54 Å². The van der Waals surface area contributed by atoms with Crippen molar-refractivity contribution in [2.75, 3.05) is 11.9 Å². The zero-order valence-corrected chi connectivity index (χ0v) is 11.4. The van der Waals surface area contributed by atoms with E-state index >= 15 is 0 Å². The van der Waals surface area contributed by atoms with E-state index < -0.39 is 5.97 Å². The van der Waals surface area contributed by atoms with Crippen LogP contribution in [0.2, 0.25) is 0 Å². The van der Waals surface area contributed by atoms with Crippen LogP contribution in [0.5, 0.6) is 0 Å². The van der Waals surface area contributed by atoms with Crippen LogP contribution in [0.25, 0.3) is 0 Å². The molecule has 2 heterocycles. The van der Waals surface area contributed by atoms with E-state index in [1.807, 2.05) is 13.1 Å². The largest absolute Gasteiger partial charge is 0.477 e. The molecule has 0 aromatic carbocycles. The van der Waals surface area contributed by atoms with Crippen LogP contribution in [0.4, 0.5) is 5.82 Å². The zero-order valence-electron chi connectivity index (χ0n) is 11.4. The number of rotatable bonds is 7. The molecule has 0 aliphatic carbocycles. The summed E-state index contributed by atoms with van der Waals surface area (Å²) in [6.07, 6.45) is 5.79. The summed E-state index contributed by atoms with van der Waals surface area (Å²) in [5.41, 5.74) is 0.0593. The first kappa shape index (κ1) is 14.0. The summed E-state index contributed by atoms with van der Waals surface area (Å²) in [5.74, 6) is 0.613. The molecule has 0 amide bonds. The molecule has 0 fully saturated rings. The lowest BCUT2D eigenvalue weighted by molar-refractivity contribution is 0.0690. The quantitative estimate of drug-likeness (QED) is 0.756. The molecular formula is C14H18N4O2. The topological polar surface area (TPSA) is 80.0 Å². The van der Waals surface area contributed by atoms with E-state index in [0.29, 0.717) is 5.82 Å². The van der Waals surface area contributed by atoms with Crippen molar-refractivity contribution < 1.29 is 9.90 Å². The first-order valence-electron chi connectivity index (χ1n) is 6.59. The monoisotopic (exact) mass is 274 g/mol. The van der Waals surface area contributed by atoms with Crippen LogP contribution in [0.3, 0.4) is 0 Å². The van der Waals surface area contributed by atoms with Gasteiger partial charge in [0, 0.05) is 25.5 Å². The average Bonchev–Trinajstić information content (AvgIpc) is 2.84. The van der Waals surface area contributed by atoms with Gasteiger partial charge in [-0.15, -0.1) is 0 Å². The van der Waals surface area contributed by atoms with Crippen LogP contribution in [0.1, 0.15) is 29.2 Å². The third-order valence-corrected chi connectivity index (χ3v) is 3.02. The summed E-state index contributed by atoms with van der Waals surface area (Å²) in [7, 11) is 0. The smallest absolute Gasteiger partial charge is 0.354 e. The summed E-state index contributed by atoms with van der Waals surface area (Å²) in [5, 5.41) is 12.0. The Balaban J connectivity index is 1.72. The minimum absolute atomic E-state index is 0.0593. The molecule has 0 aliphatic rings. The molecule has 0 bridgehead atoms. The molecule has 6 nitrogen and oxygen atoms in total. The minimum Gasteiger partial charge on any atom is -0.477 e. The van der Waals surface area contributed by atoms with Gasteiger partial charge >= 0.3 is 5.97 Å². The fraction of sp³-hybridized carbons (Fsp3) is 0.357. The first-order chi connectivity index (χ1) is 9.66. The second-order valence-corrected chi connectivity index (χ2v) is 4.51. The lowest BCUT2D eigenvalue weighted by Crippen LogP contribution is -2.08. The zero-order chi connectivity index (χ0) is 14.4. The number of aromatic nitrogens is 3. The minimum atomic E-state index is -1.01. The number of aryl methyl sites for hydroxylation is 2. The van der Waals surface area contributed by atoms with Crippen LogP contribution < -0.4 is 5.32 Å². The van der Waals surface area contributed by atoms with Gasteiger partial charge in [-0.1, -0.05) is 6.07 Å². The van der Waals surface area contributed by atoms with Gasteiger partial charge in [-0.2, -0.15) is 0 Å². The van der Waals surface area contributed by atoms with Gasteiger partial charge < -0.3 is 15.0 Å². The van der Waals surface area contributed by atoms with Crippen LogP contribution in [-0.4, -0.2) is 32.2 Å². The Hall–Kier alpha value is -2.37. The fourth-order valence-electron chi connectivity index (χ4n) is 1.92. The van der Waals surface area contributed by atoms with E-state index in [0.717, 1.165) is 31.8 Å². The van der Waals surface area contributed by atoms with E-state index in [4.69, 9.17) is 5.11 Å². The molecule has 0 atom stereocenters. The second-order valence-electron chi connectivity index (χ2n) is 4.51.